The fourth-order valence-corrected chi connectivity index (χ4v) is 2.96. The van der Waals surface area contributed by atoms with Gasteiger partial charge in [0.05, 0.1) is 0 Å². The van der Waals surface area contributed by atoms with Crippen LogP contribution in [-0.4, -0.2) is 35.0 Å². The number of rotatable bonds is 9. The lowest BCUT2D eigenvalue weighted by molar-refractivity contribution is -0.141. The first-order valence-electron chi connectivity index (χ1n) is 7.69. The van der Waals surface area contributed by atoms with E-state index in [1.54, 1.807) is 30.0 Å². The molecule has 1 aromatic rings. The van der Waals surface area contributed by atoms with Crippen LogP contribution in [-0.2, 0) is 9.63 Å². The van der Waals surface area contributed by atoms with Crippen LogP contribution in [0.4, 0.5) is 0 Å². The van der Waals surface area contributed by atoms with E-state index in [4.69, 9.17) is 28.0 Å². The van der Waals surface area contributed by atoms with Crippen molar-refractivity contribution in [2.45, 2.75) is 37.7 Å². The van der Waals surface area contributed by atoms with E-state index < -0.39 is 24.0 Å². The van der Waals surface area contributed by atoms with Crippen molar-refractivity contribution in [3.8, 4) is 0 Å². The van der Waals surface area contributed by atoms with Gasteiger partial charge in [-0.25, -0.2) is 5.84 Å². The summed E-state index contributed by atoms with van der Waals surface area (Å²) in [5, 5.41) is 0.877. The maximum Gasteiger partial charge on any atom is 0.271 e. The number of amides is 2. The van der Waals surface area contributed by atoms with Crippen LogP contribution < -0.4 is 28.0 Å². The van der Waals surface area contributed by atoms with Crippen LogP contribution in [0.2, 0.25) is 5.02 Å². The van der Waals surface area contributed by atoms with E-state index in [0.717, 1.165) is 5.75 Å². The summed E-state index contributed by atoms with van der Waals surface area (Å²) in [4.78, 5) is 29.2. The summed E-state index contributed by atoms with van der Waals surface area (Å²) in [5.41, 5.74) is 12.9. The Hall–Kier alpha value is -1.36. The van der Waals surface area contributed by atoms with E-state index in [2.05, 4.69) is 24.7 Å². The SMILES string of the molecule is CC(C)SCCC(N)C(ONN)C(=O)NNC(=O)c1cccc(Cl)c1. The van der Waals surface area contributed by atoms with Gasteiger partial charge in [-0.1, -0.05) is 31.5 Å². The van der Waals surface area contributed by atoms with Crippen molar-refractivity contribution in [2.24, 2.45) is 11.6 Å². The second-order valence-corrected chi connectivity index (χ2v) is 7.60. The number of hydrazine groups is 2. The molecule has 0 heterocycles. The molecule has 0 saturated heterocycles. The Bertz CT molecular complexity index is 576. The molecule has 2 unspecified atom stereocenters. The Labute approximate surface area is 156 Å². The number of nitrogens with two attached hydrogens (primary N) is 2. The zero-order valence-electron chi connectivity index (χ0n) is 14.1. The van der Waals surface area contributed by atoms with Gasteiger partial charge in [-0.15, -0.1) is 5.59 Å². The molecule has 1 aromatic carbocycles. The second-order valence-electron chi connectivity index (χ2n) is 5.48. The first kappa shape index (κ1) is 21.7. The molecule has 0 fully saturated rings. The first-order valence-corrected chi connectivity index (χ1v) is 9.12. The van der Waals surface area contributed by atoms with Crippen molar-refractivity contribution >= 4 is 35.2 Å². The van der Waals surface area contributed by atoms with E-state index in [1.165, 1.54) is 6.07 Å². The number of thioether (sulfide) groups is 1. The van der Waals surface area contributed by atoms with Crippen LogP contribution in [0.5, 0.6) is 0 Å². The van der Waals surface area contributed by atoms with Gasteiger partial charge in [-0.2, -0.15) is 11.8 Å². The summed E-state index contributed by atoms with van der Waals surface area (Å²) in [5.74, 6) is 4.77. The Kier molecular flexibility index (Phi) is 9.79. The molecule has 7 N–H and O–H groups in total. The second kappa shape index (κ2) is 11.3. The van der Waals surface area contributed by atoms with E-state index in [0.29, 0.717) is 22.3 Å². The van der Waals surface area contributed by atoms with Gasteiger partial charge in [-0.05, 0) is 35.6 Å². The fraction of sp³-hybridized carbons (Fsp3) is 0.467. The zero-order chi connectivity index (χ0) is 18.8. The molecule has 10 heteroatoms. The summed E-state index contributed by atoms with van der Waals surface area (Å²) in [6.07, 6.45) is -0.511. The van der Waals surface area contributed by atoms with Crippen molar-refractivity contribution in [2.75, 3.05) is 5.75 Å². The quantitative estimate of drug-likeness (QED) is 0.310. The molecular formula is C15H24ClN5O3S. The van der Waals surface area contributed by atoms with Crippen LogP contribution in [0.25, 0.3) is 0 Å². The highest BCUT2D eigenvalue weighted by Crippen LogP contribution is 2.13. The molecule has 1 rings (SSSR count). The molecule has 25 heavy (non-hydrogen) atoms. The number of halogens is 1. The molecule has 8 nitrogen and oxygen atoms in total. The summed E-state index contributed by atoms with van der Waals surface area (Å²) >= 11 is 7.55. The molecule has 0 aliphatic heterocycles. The Balaban J connectivity index is 2.56. The maximum absolute atomic E-state index is 12.2. The molecule has 0 aliphatic carbocycles. The number of carbonyl (C=O) groups is 2. The molecular weight excluding hydrogens is 366 g/mol. The van der Waals surface area contributed by atoms with Crippen molar-refractivity contribution < 1.29 is 14.4 Å². The topological polar surface area (TPSA) is 132 Å². The highest BCUT2D eigenvalue weighted by molar-refractivity contribution is 7.99. The first-order chi connectivity index (χ1) is 11.8. The van der Waals surface area contributed by atoms with E-state index >= 15 is 0 Å². The molecule has 0 bridgehead atoms. The largest absolute Gasteiger partial charge is 0.325 e. The summed E-state index contributed by atoms with van der Waals surface area (Å²) in [7, 11) is 0. The normalized spacial score (nSPS) is 13.4. The lowest BCUT2D eigenvalue weighted by Crippen LogP contribution is -2.55. The Morgan fingerprint density at radius 3 is 2.64 bits per heavy atom. The van der Waals surface area contributed by atoms with Crippen molar-refractivity contribution in [1.82, 2.24) is 16.4 Å². The fourth-order valence-electron chi connectivity index (χ4n) is 1.89. The van der Waals surface area contributed by atoms with Crippen molar-refractivity contribution in [3.05, 3.63) is 34.9 Å². The minimum atomic E-state index is -1.06. The smallest absolute Gasteiger partial charge is 0.271 e. The number of hydrogen-bond donors (Lipinski definition) is 5. The van der Waals surface area contributed by atoms with E-state index in [9.17, 15) is 9.59 Å². The van der Waals surface area contributed by atoms with E-state index in [1.807, 2.05) is 5.59 Å². The molecule has 2 atom stereocenters. The van der Waals surface area contributed by atoms with Crippen LogP contribution in [0.3, 0.4) is 0 Å². The molecule has 140 valence electrons. The Morgan fingerprint density at radius 1 is 1.32 bits per heavy atom. The van der Waals surface area contributed by atoms with Gasteiger partial charge in [0.1, 0.15) is 0 Å². The molecule has 0 spiro atoms. The predicted octanol–water partition coefficient (Wildman–Crippen LogP) is 0.724. The maximum atomic E-state index is 12.2. The molecule has 0 saturated carbocycles. The summed E-state index contributed by atoms with van der Waals surface area (Å²) < 4.78 is 0. The predicted molar refractivity (Wildman–Crippen MR) is 99.4 cm³/mol. The minimum absolute atomic E-state index is 0.305. The monoisotopic (exact) mass is 389 g/mol. The van der Waals surface area contributed by atoms with Gasteiger partial charge in [0.2, 0.25) is 0 Å². The van der Waals surface area contributed by atoms with Crippen molar-refractivity contribution in [1.29, 1.82) is 0 Å². The summed E-state index contributed by atoms with van der Waals surface area (Å²) in [6, 6.07) is 5.73. The van der Waals surface area contributed by atoms with Gasteiger partial charge >= 0.3 is 0 Å². The highest BCUT2D eigenvalue weighted by atomic mass is 35.5. The number of benzene rings is 1. The highest BCUT2D eigenvalue weighted by Gasteiger charge is 2.27. The Morgan fingerprint density at radius 2 is 2.04 bits per heavy atom. The lowest BCUT2D eigenvalue weighted by Gasteiger charge is -2.22. The van der Waals surface area contributed by atoms with Gasteiger partial charge in [0.15, 0.2) is 6.10 Å². The van der Waals surface area contributed by atoms with Gasteiger partial charge in [-0.3, -0.25) is 25.3 Å². The standard InChI is InChI=1S/C15H24ClN5O3S/c1-9(2)25-7-6-12(17)13(24-21-18)15(23)20-19-14(22)10-4-3-5-11(16)8-10/h3-5,8-9,12-13,21H,6-7,17-18H2,1-2H3,(H,19,22)(H,20,23). The molecule has 2 amide bonds. The average Bonchev–Trinajstić information content (AvgIpc) is 2.56. The average molecular weight is 390 g/mol. The number of nitrogens with one attached hydrogen (secondary N) is 3. The van der Waals surface area contributed by atoms with Gasteiger partial charge < -0.3 is 5.73 Å². The van der Waals surface area contributed by atoms with E-state index in [-0.39, 0.29) is 0 Å². The number of carbonyl (C=O) groups excluding carboxylic acids is 2. The van der Waals surface area contributed by atoms with Crippen LogP contribution in [0.15, 0.2) is 24.3 Å². The van der Waals surface area contributed by atoms with Crippen molar-refractivity contribution in [3.63, 3.8) is 0 Å². The third-order valence-corrected chi connectivity index (χ3v) is 4.50. The zero-order valence-corrected chi connectivity index (χ0v) is 15.7. The molecule has 0 radical (unpaired) electrons. The van der Waals surface area contributed by atoms with Crippen LogP contribution in [0, 0.1) is 0 Å². The molecule has 0 aromatic heterocycles. The van der Waals surface area contributed by atoms with Gasteiger partial charge in [0.25, 0.3) is 11.8 Å². The summed E-state index contributed by atoms with van der Waals surface area (Å²) in [6.45, 7) is 4.15. The third-order valence-electron chi connectivity index (χ3n) is 3.13. The van der Waals surface area contributed by atoms with Crippen LogP contribution in [0.1, 0.15) is 30.6 Å². The third kappa shape index (κ3) is 8.04. The molecule has 0 aliphatic rings. The lowest BCUT2D eigenvalue weighted by atomic mass is 10.1. The van der Waals surface area contributed by atoms with Gasteiger partial charge in [0, 0.05) is 16.6 Å². The number of hydrogen-bond acceptors (Lipinski definition) is 7. The van der Waals surface area contributed by atoms with Crippen LogP contribution >= 0.6 is 23.4 Å². The minimum Gasteiger partial charge on any atom is -0.325 e.